The van der Waals surface area contributed by atoms with E-state index in [1.54, 1.807) is 0 Å². The quantitative estimate of drug-likeness (QED) is 0.442. The van der Waals surface area contributed by atoms with E-state index < -0.39 is 35.7 Å². The van der Waals surface area contributed by atoms with Crippen LogP contribution in [0.25, 0.3) is 0 Å². The van der Waals surface area contributed by atoms with Gasteiger partial charge in [0, 0.05) is 13.8 Å². The summed E-state index contributed by atoms with van der Waals surface area (Å²) in [6.07, 6.45) is 3.90. The average Bonchev–Trinajstić information content (AvgIpc) is 2.92. The van der Waals surface area contributed by atoms with E-state index >= 15 is 0 Å². The maximum absolute atomic E-state index is 12.6. The van der Waals surface area contributed by atoms with E-state index in [4.69, 9.17) is 14.2 Å². The summed E-state index contributed by atoms with van der Waals surface area (Å²) in [5, 5.41) is 0. The first-order valence-corrected chi connectivity index (χ1v) is 8.83. The van der Waals surface area contributed by atoms with Gasteiger partial charge in [-0.25, -0.2) is 0 Å². The Morgan fingerprint density at radius 2 is 1.92 bits per heavy atom. The van der Waals surface area contributed by atoms with Crippen molar-refractivity contribution in [3.8, 4) is 0 Å². The lowest BCUT2D eigenvalue weighted by Gasteiger charge is -2.57. The van der Waals surface area contributed by atoms with Crippen molar-refractivity contribution in [3.05, 3.63) is 11.6 Å². The van der Waals surface area contributed by atoms with Crippen LogP contribution in [-0.2, 0) is 28.6 Å². The highest BCUT2D eigenvalue weighted by atomic mass is 16.7. The Kier molecular flexibility index (Phi) is 4.52. The third kappa shape index (κ3) is 2.80. The van der Waals surface area contributed by atoms with Gasteiger partial charge in [-0.1, -0.05) is 19.9 Å². The predicted octanol–water partition coefficient (Wildman–Crippen LogP) is 2.41. The molecule has 2 fully saturated rings. The smallest absolute Gasteiger partial charge is 0.304 e. The summed E-state index contributed by atoms with van der Waals surface area (Å²) in [7, 11) is 0. The second kappa shape index (κ2) is 6.24. The SMILES string of the molecule is CC(=O)O[C@H]1OCC2=CC[C@H]3C(C)(C)CC[C@H](OC(C)=O)[C@]3(C=O)[C@H]21. The molecule has 0 unspecified atom stereocenters. The average molecular weight is 350 g/mol. The van der Waals surface area contributed by atoms with E-state index in [1.165, 1.54) is 13.8 Å². The van der Waals surface area contributed by atoms with Crippen LogP contribution >= 0.6 is 0 Å². The number of rotatable bonds is 3. The van der Waals surface area contributed by atoms with Crippen LogP contribution in [0.4, 0.5) is 0 Å². The van der Waals surface area contributed by atoms with Crippen LogP contribution in [0, 0.1) is 22.7 Å². The zero-order valence-electron chi connectivity index (χ0n) is 15.2. The minimum atomic E-state index is -0.936. The second-order valence-corrected chi connectivity index (χ2v) is 8.08. The lowest BCUT2D eigenvalue weighted by Crippen LogP contribution is -2.61. The Morgan fingerprint density at radius 1 is 1.24 bits per heavy atom. The maximum Gasteiger partial charge on any atom is 0.304 e. The van der Waals surface area contributed by atoms with E-state index in [0.29, 0.717) is 13.0 Å². The highest BCUT2D eigenvalue weighted by molar-refractivity contribution is 5.70. The summed E-state index contributed by atoms with van der Waals surface area (Å²) < 4.78 is 16.7. The molecule has 6 heteroatoms. The molecule has 6 nitrogen and oxygen atoms in total. The van der Waals surface area contributed by atoms with Crippen LogP contribution in [0.15, 0.2) is 11.6 Å². The van der Waals surface area contributed by atoms with E-state index in [9.17, 15) is 14.4 Å². The van der Waals surface area contributed by atoms with Crippen molar-refractivity contribution < 1.29 is 28.6 Å². The number of aldehydes is 1. The molecule has 0 aromatic rings. The van der Waals surface area contributed by atoms with Crippen molar-refractivity contribution in [1.29, 1.82) is 0 Å². The fourth-order valence-electron chi connectivity index (χ4n) is 5.18. The summed E-state index contributed by atoms with van der Waals surface area (Å²) in [6, 6.07) is 0. The number of carbonyl (C=O) groups excluding carboxylic acids is 3. The molecule has 0 N–H and O–H groups in total. The van der Waals surface area contributed by atoms with Gasteiger partial charge in [0.2, 0.25) is 6.29 Å². The van der Waals surface area contributed by atoms with Gasteiger partial charge in [0.05, 0.1) is 17.9 Å². The summed E-state index contributed by atoms with van der Waals surface area (Å²) in [5.41, 5.74) is -0.0682. The van der Waals surface area contributed by atoms with Crippen LogP contribution < -0.4 is 0 Å². The van der Waals surface area contributed by atoms with E-state index in [0.717, 1.165) is 24.7 Å². The van der Waals surface area contributed by atoms with Crippen LogP contribution in [0.5, 0.6) is 0 Å². The van der Waals surface area contributed by atoms with Gasteiger partial charge in [0.25, 0.3) is 0 Å². The van der Waals surface area contributed by atoms with Crippen molar-refractivity contribution in [1.82, 2.24) is 0 Å². The standard InChI is InChI=1S/C19H26O6/c1-11(21)24-15-7-8-18(3,4)14-6-5-13-9-23-17(25-12(2)22)16(13)19(14,15)10-20/h5,10,14-17H,6-9H2,1-4H3/t14-,15-,16+,17+,19+/m0/s1. The Labute approximate surface area is 147 Å². The summed E-state index contributed by atoms with van der Waals surface area (Å²) >= 11 is 0. The number of esters is 2. The number of hydrogen-bond donors (Lipinski definition) is 0. The van der Waals surface area contributed by atoms with E-state index in [-0.39, 0.29) is 11.3 Å². The predicted molar refractivity (Wildman–Crippen MR) is 88.3 cm³/mol. The normalized spacial score (nSPS) is 38.8. The fraction of sp³-hybridized carbons (Fsp3) is 0.737. The Balaban J connectivity index is 2.10. The molecule has 0 aromatic heterocycles. The summed E-state index contributed by atoms with van der Waals surface area (Å²) in [4.78, 5) is 35.8. The third-order valence-corrected chi connectivity index (χ3v) is 6.19. The molecule has 5 atom stereocenters. The van der Waals surface area contributed by atoms with Crippen LogP contribution in [0.1, 0.15) is 47.0 Å². The molecule has 0 amide bonds. The zero-order chi connectivity index (χ0) is 18.4. The minimum Gasteiger partial charge on any atom is -0.461 e. The Bertz CT molecular complexity index is 621. The molecule has 2 aliphatic carbocycles. The van der Waals surface area contributed by atoms with Gasteiger partial charge in [0.15, 0.2) is 0 Å². The number of ether oxygens (including phenoxy) is 3. The summed E-state index contributed by atoms with van der Waals surface area (Å²) in [5.74, 6) is -1.27. The van der Waals surface area contributed by atoms with Crippen molar-refractivity contribution in [2.24, 2.45) is 22.7 Å². The van der Waals surface area contributed by atoms with Crippen LogP contribution in [-0.4, -0.2) is 37.2 Å². The minimum absolute atomic E-state index is 0.0101. The third-order valence-electron chi connectivity index (χ3n) is 6.19. The van der Waals surface area contributed by atoms with Crippen molar-refractivity contribution in [2.45, 2.75) is 59.4 Å². The molecule has 0 aromatic carbocycles. The fourth-order valence-corrected chi connectivity index (χ4v) is 5.18. The van der Waals surface area contributed by atoms with Gasteiger partial charge in [-0.15, -0.1) is 0 Å². The number of allylic oxidation sites excluding steroid dienone is 1. The number of hydrogen-bond acceptors (Lipinski definition) is 6. The van der Waals surface area contributed by atoms with Gasteiger partial charge in [-0.3, -0.25) is 9.59 Å². The maximum atomic E-state index is 12.6. The molecule has 3 aliphatic rings. The first-order valence-electron chi connectivity index (χ1n) is 8.83. The van der Waals surface area contributed by atoms with Gasteiger partial charge in [-0.05, 0) is 36.2 Å². The Hall–Kier alpha value is -1.69. The first-order chi connectivity index (χ1) is 11.7. The van der Waals surface area contributed by atoms with E-state index in [1.807, 2.05) is 0 Å². The molecule has 3 rings (SSSR count). The molecule has 1 aliphatic heterocycles. The molecule has 1 saturated carbocycles. The molecule has 1 saturated heterocycles. The van der Waals surface area contributed by atoms with Gasteiger partial charge in [-0.2, -0.15) is 0 Å². The van der Waals surface area contributed by atoms with Crippen molar-refractivity contribution >= 4 is 18.2 Å². The molecule has 0 spiro atoms. The molecule has 25 heavy (non-hydrogen) atoms. The lowest BCUT2D eigenvalue weighted by atomic mass is 9.47. The van der Waals surface area contributed by atoms with Crippen molar-refractivity contribution in [2.75, 3.05) is 6.61 Å². The highest BCUT2D eigenvalue weighted by Crippen LogP contribution is 2.62. The zero-order valence-corrected chi connectivity index (χ0v) is 15.2. The van der Waals surface area contributed by atoms with Gasteiger partial charge in [0.1, 0.15) is 12.4 Å². The monoisotopic (exact) mass is 350 g/mol. The number of carbonyl (C=O) groups is 3. The molecule has 0 radical (unpaired) electrons. The second-order valence-electron chi connectivity index (χ2n) is 8.08. The molecule has 138 valence electrons. The van der Waals surface area contributed by atoms with Gasteiger partial charge < -0.3 is 19.0 Å². The van der Waals surface area contributed by atoms with Gasteiger partial charge >= 0.3 is 11.9 Å². The highest BCUT2D eigenvalue weighted by Gasteiger charge is 2.65. The number of fused-ring (bicyclic) bond motifs is 3. The van der Waals surface area contributed by atoms with E-state index in [2.05, 4.69) is 19.9 Å². The van der Waals surface area contributed by atoms with Crippen LogP contribution in [0.2, 0.25) is 0 Å². The van der Waals surface area contributed by atoms with Crippen molar-refractivity contribution in [3.63, 3.8) is 0 Å². The topological polar surface area (TPSA) is 78.9 Å². The molecule has 0 bridgehead atoms. The van der Waals surface area contributed by atoms with Crippen LogP contribution in [0.3, 0.4) is 0 Å². The molecule has 1 heterocycles. The largest absolute Gasteiger partial charge is 0.461 e. The lowest BCUT2D eigenvalue weighted by molar-refractivity contribution is -0.210. The summed E-state index contributed by atoms with van der Waals surface area (Å²) in [6.45, 7) is 7.32. The molecular weight excluding hydrogens is 324 g/mol. The molecular formula is C19H26O6. The first kappa shape index (κ1) is 18.1. The Morgan fingerprint density at radius 3 is 2.52 bits per heavy atom.